The maximum absolute atomic E-state index is 13.0. The second-order valence-corrected chi connectivity index (χ2v) is 8.72. The smallest absolute Gasteiger partial charge is 0.409 e. The van der Waals surface area contributed by atoms with E-state index in [1.165, 1.54) is 49.5 Å². The number of benzene rings is 1. The lowest BCUT2D eigenvalue weighted by atomic mass is 10.0. The molecule has 30 heavy (non-hydrogen) atoms. The van der Waals surface area contributed by atoms with Gasteiger partial charge in [0.25, 0.3) is 0 Å². The summed E-state index contributed by atoms with van der Waals surface area (Å²) in [6.07, 6.45) is 0.262. The van der Waals surface area contributed by atoms with Crippen molar-refractivity contribution in [3.05, 3.63) is 46.1 Å². The molecule has 1 aromatic carbocycles. The molecule has 2 aromatic rings. The highest BCUT2D eigenvalue weighted by atomic mass is 32.2. The number of amides is 2. The third-order valence-electron chi connectivity index (χ3n) is 4.54. The summed E-state index contributed by atoms with van der Waals surface area (Å²) in [6.45, 7) is 0.731. The van der Waals surface area contributed by atoms with Crippen LogP contribution in [0, 0.1) is 5.82 Å². The van der Waals surface area contributed by atoms with Crippen LogP contribution in [0.3, 0.4) is 0 Å². The molecule has 7 nitrogen and oxygen atoms in total. The van der Waals surface area contributed by atoms with Crippen LogP contribution >= 0.6 is 23.1 Å². The lowest BCUT2D eigenvalue weighted by molar-refractivity contribution is -0.115. The van der Waals surface area contributed by atoms with Gasteiger partial charge in [-0.05, 0) is 36.2 Å². The van der Waals surface area contributed by atoms with E-state index in [-0.39, 0.29) is 18.1 Å². The lowest BCUT2D eigenvalue weighted by Gasteiger charge is -2.25. The van der Waals surface area contributed by atoms with Crippen LogP contribution in [0.2, 0.25) is 0 Å². The Hall–Kier alpha value is -2.59. The van der Waals surface area contributed by atoms with E-state index in [1.54, 1.807) is 17.0 Å². The normalized spacial score (nSPS) is 12.8. The van der Waals surface area contributed by atoms with E-state index >= 15 is 0 Å². The molecule has 1 aliphatic heterocycles. The Balaban J connectivity index is 1.68. The Morgan fingerprint density at radius 3 is 2.60 bits per heavy atom. The van der Waals surface area contributed by atoms with Crippen LogP contribution in [-0.2, 0) is 27.2 Å². The molecule has 0 atom stereocenters. The average Bonchev–Trinajstić information content (AvgIpc) is 3.10. The van der Waals surface area contributed by atoms with Crippen molar-refractivity contribution >= 4 is 46.1 Å². The largest absolute Gasteiger partial charge is 0.465 e. The minimum atomic E-state index is -0.519. The van der Waals surface area contributed by atoms with Crippen molar-refractivity contribution in [2.45, 2.75) is 24.3 Å². The molecule has 3 rings (SSSR count). The van der Waals surface area contributed by atoms with Crippen LogP contribution in [-0.4, -0.2) is 49.4 Å². The van der Waals surface area contributed by atoms with E-state index in [0.717, 1.165) is 15.3 Å². The first-order valence-corrected chi connectivity index (χ1v) is 11.0. The van der Waals surface area contributed by atoms with Gasteiger partial charge in [-0.15, -0.1) is 23.1 Å². The van der Waals surface area contributed by atoms with Gasteiger partial charge in [-0.25, -0.2) is 14.0 Å². The van der Waals surface area contributed by atoms with Gasteiger partial charge in [-0.3, -0.25) is 4.79 Å². The van der Waals surface area contributed by atoms with Gasteiger partial charge in [0.1, 0.15) is 10.8 Å². The molecule has 1 aliphatic rings. The van der Waals surface area contributed by atoms with Crippen LogP contribution in [0.4, 0.5) is 14.2 Å². The molecule has 0 saturated carbocycles. The summed E-state index contributed by atoms with van der Waals surface area (Å²) in [6, 6.07) is 6.07. The minimum absolute atomic E-state index is 0.222. The fourth-order valence-electron chi connectivity index (χ4n) is 3.08. The molecule has 10 heteroatoms. The standard InChI is InChI=1S/C20H21FN2O5S2/c1-27-19(25)17-14-7-9-23(20(26)28-2)11-15(14)30-18(17)22-16(24)8-10-29-13-5-3-12(21)4-6-13/h3-6H,7-11H2,1-2H3,(H,22,24). The van der Waals surface area contributed by atoms with Gasteiger partial charge in [0.15, 0.2) is 0 Å². The predicted molar refractivity (Wildman–Crippen MR) is 113 cm³/mol. The molecule has 1 aromatic heterocycles. The number of fused-ring (bicyclic) bond motifs is 1. The van der Waals surface area contributed by atoms with Gasteiger partial charge in [-0.2, -0.15) is 0 Å². The zero-order valence-corrected chi connectivity index (χ0v) is 18.2. The molecule has 0 spiro atoms. The third kappa shape index (κ3) is 5.11. The Morgan fingerprint density at radius 2 is 1.93 bits per heavy atom. The van der Waals surface area contributed by atoms with Crippen molar-refractivity contribution in [1.29, 1.82) is 0 Å². The highest BCUT2D eigenvalue weighted by molar-refractivity contribution is 7.99. The molecular weight excluding hydrogens is 431 g/mol. The zero-order chi connectivity index (χ0) is 21.7. The van der Waals surface area contributed by atoms with Crippen LogP contribution in [0.1, 0.15) is 27.2 Å². The fourth-order valence-corrected chi connectivity index (χ4v) is 5.20. The van der Waals surface area contributed by atoms with Crippen LogP contribution in [0.25, 0.3) is 0 Å². The van der Waals surface area contributed by atoms with Crippen molar-refractivity contribution in [2.75, 3.05) is 31.8 Å². The Labute approximate surface area is 181 Å². The molecule has 1 N–H and O–H groups in total. The summed E-state index contributed by atoms with van der Waals surface area (Å²) in [7, 11) is 2.61. The van der Waals surface area contributed by atoms with Gasteiger partial charge in [0.2, 0.25) is 5.91 Å². The van der Waals surface area contributed by atoms with Gasteiger partial charge >= 0.3 is 12.1 Å². The summed E-state index contributed by atoms with van der Waals surface area (Å²) >= 11 is 2.71. The number of rotatable bonds is 6. The zero-order valence-electron chi connectivity index (χ0n) is 16.5. The first kappa shape index (κ1) is 22.1. The predicted octanol–water partition coefficient (Wildman–Crippen LogP) is 3.92. The van der Waals surface area contributed by atoms with Gasteiger partial charge in [0.05, 0.1) is 26.3 Å². The van der Waals surface area contributed by atoms with E-state index in [9.17, 15) is 18.8 Å². The van der Waals surface area contributed by atoms with Crippen LogP contribution in [0.5, 0.6) is 0 Å². The quantitative estimate of drug-likeness (QED) is 0.528. The molecule has 0 bridgehead atoms. The molecule has 0 fully saturated rings. The Kier molecular flexibility index (Phi) is 7.33. The number of hydrogen-bond donors (Lipinski definition) is 1. The number of carbonyl (C=O) groups excluding carboxylic acids is 3. The Morgan fingerprint density at radius 1 is 1.20 bits per heavy atom. The molecule has 160 valence electrons. The number of ether oxygens (including phenoxy) is 2. The summed E-state index contributed by atoms with van der Waals surface area (Å²) in [5.41, 5.74) is 1.14. The first-order valence-electron chi connectivity index (χ1n) is 9.17. The maximum Gasteiger partial charge on any atom is 0.409 e. The highest BCUT2D eigenvalue weighted by Crippen LogP contribution is 2.38. The molecule has 0 unspecified atom stereocenters. The molecule has 0 aliphatic carbocycles. The number of halogens is 1. The molecule has 2 amide bonds. The van der Waals surface area contributed by atoms with Gasteiger partial charge in [0, 0.05) is 28.5 Å². The van der Waals surface area contributed by atoms with Gasteiger partial charge in [-0.1, -0.05) is 0 Å². The summed E-state index contributed by atoms with van der Waals surface area (Å²) in [5.74, 6) is -0.556. The number of hydrogen-bond acceptors (Lipinski definition) is 7. The second-order valence-electron chi connectivity index (χ2n) is 6.44. The molecule has 0 radical (unpaired) electrons. The lowest BCUT2D eigenvalue weighted by Crippen LogP contribution is -2.35. The number of anilines is 1. The monoisotopic (exact) mass is 452 g/mol. The van der Waals surface area contributed by atoms with E-state index in [2.05, 4.69) is 5.32 Å². The summed E-state index contributed by atoms with van der Waals surface area (Å²) < 4.78 is 22.6. The first-order chi connectivity index (χ1) is 14.4. The van der Waals surface area contributed by atoms with Crippen LogP contribution < -0.4 is 5.32 Å². The number of nitrogens with zero attached hydrogens (tertiary/aromatic N) is 1. The van der Waals surface area contributed by atoms with Crippen molar-refractivity contribution < 1.29 is 28.2 Å². The molecular formula is C20H21FN2O5S2. The van der Waals surface area contributed by atoms with E-state index in [4.69, 9.17) is 9.47 Å². The highest BCUT2D eigenvalue weighted by Gasteiger charge is 2.31. The number of methoxy groups -OCH3 is 2. The number of nitrogens with one attached hydrogen (secondary N) is 1. The van der Waals surface area contributed by atoms with Crippen molar-refractivity contribution in [2.24, 2.45) is 0 Å². The molecule has 2 heterocycles. The topological polar surface area (TPSA) is 84.9 Å². The van der Waals surface area contributed by atoms with E-state index in [1.807, 2.05) is 0 Å². The van der Waals surface area contributed by atoms with Gasteiger partial charge < -0.3 is 19.7 Å². The van der Waals surface area contributed by atoms with Crippen LogP contribution in [0.15, 0.2) is 29.2 Å². The fraction of sp³-hybridized carbons (Fsp3) is 0.350. The van der Waals surface area contributed by atoms with E-state index in [0.29, 0.717) is 35.8 Å². The van der Waals surface area contributed by atoms with E-state index < -0.39 is 12.1 Å². The summed E-state index contributed by atoms with van der Waals surface area (Å²) in [5, 5.41) is 3.23. The number of thiophene rings is 1. The third-order valence-corrected chi connectivity index (χ3v) is 6.69. The minimum Gasteiger partial charge on any atom is -0.465 e. The SMILES string of the molecule is COC(=O)c1c(NC(=O)CCSc2ccc(F)cc2)sc2c1CCN(C(=O)OC)C2. The van der Waals surface area contributed by atoms with Crippen molar-refractivity contribution in [3.63, 3.8) is 0 Å². The Bertz CT molecular complexity index is 945. The number of carbonyl (C=O) groups is 3. The average molecular weight is 453 g/mol. The van der Waals surface area contributed by atoms with Crippen molar-refractivity contribution in [3.8, 4) is 0 Å². The van der Waals surface area contributed by atoms with Crippen molar-refractivity contribution in [1.82, 2.24) is 4.90 Å². The molecule has 0 saturated heterocycles. The number of thioether (sulfide) groups is 1. The number of esters is 1. The maximum atomic E-state index is 13.0. The second kappa shape index (κ2) is 9.94. The summed E-state index contributed by atoms with van der Waals surface area (Å²) in [4.78, 5) is 39.8.